The molecule has 1 aliphatic rings. The summed E-state index contributed by atoms with van der Waals surface area (Å²) >= 11 is 1.59. The summed E-state index contributed by atoms with van der Waals surface area (Å²) in [5, 5.41) is 10.4. The van der Waals surface area contributed by atoms with Crippen molar-refractivity contribution < 1.29 is 9.84 Å². The van der Waals surface area contributed by atoms with Gasteiger partial charge in [-0.25, -0.2) is 0 Å². The van der Waals surface area contributed by atoms with Gasteiger partial charge in [0.25, 0.3) is 0 Å². The SMILES string of the molecule is CSc1c(C)c2c(c(C)c1O)CC(C)(CCCC(C)C)O2. The minimum absolute atomic E-state index is 0.115. The van der Waals surface area contributed by atoms with Crippen LogP contribution < -0.4 is 4.74 Å². The molecule has 1 heterocycles. The Balaban J connectivity index is 2.26. The third-order valence-electron chi connectivity index (χ3n) is 4.57. The van der Waals surface area contributed by atoms with Crippen molar-refractivity contribution in [1.82, 2.24) is 0 Å². The van der Waals surface area contributed by atoms with Gasteiger partial charge in [-0.05, 0) is 51.3 Å². The van der Waals surface area contributed by atoms with Crippen molar-refractivity contribution in [2.75, 3.05) is 6.26 Å². The van der Waals surface area contributed by atoms with E-state index in [1.54, 1.807) is 11.8 Å². The zero-order valence-electron chi connectivity index (χ0n) is 14.2. The average Bonchev–Trinajstić information content (AvgIpc) is 2.75. The highest BCUT2D eigenvalue weighted by Crippen LogP contribution is 2.48. The second-order valence-electron chi connectivity index (χ2n) is 6.95. The summed E-state index contributed by atoms with van der Waals surface area (Å²) in [6.45, 7) is 10.8. The van der Waals surface area contributed by atoms with Gasteiger partial charge in [0.1, 0.15) is 17.1 Å². The lowest BCUT2D eigenvalue weighted by Gasteiger charge is -2.24. The molecular formula is C18H28O2S. The molecule has 1 atom stereocenters. The average molecular weight is 308 g/mol. The highest BCUT2D eigenvalue weighted by Gasteiger charge is 2.38. The first-order valence-corrected chi connectivity index (χ1v) is 9.09. The Morgan fingerprint density at radius 2 is 1.95 bits per heavy atom. The third-order valence-corrected chi connectivity index (χ3v) is 5.48. The van der Waals surface area contributed by atoms with Crippen LogP contribution in [-0.2, 0) is 6.42 Å². The number of phenolic OH excluding ortho intramolecular Hbond substituents is 1. The van der Waals surface area contributed by atoms with E-state index < -0.39 is 0 Å². The van der Waals surface area contributed by atoms with E-state index in [0.717, 1.165) is 40.5 Å². The first-order valence-electron chi connectivity index (χ1n) is 7.87. The summed E-state index contributed by atoms with van der Waals surface area (Å²) < 4.78 is 6.36. The second kappa shape index (κ2) is 6.12. The summed E-state index contributed by atoms with van der Waals surface area (Å²) in [5.74, 6) is 2.20. The number of fused-ring (bicyclic) bond motifs is 1. The van der Waals surface area contributed by atoms with Crippen LogP contribution in [-0.4, -0.2) is 17.0 Å². The van der Waals surface area contributed by atoms with Crippen molar-refractivity contribution in [3.05, 3.63) is 16.7 Å². The van der Waals surface area contributed by atoms with Gasteiger partial charge in [-0.2, -0.15) is 0 Å². The lowest BCUT2D eigenvalue weighted by atomic mass is 9.90. The molecule has 21 heavy (non-hydrogen) atoms. The highest BCUT2D eigenvalue weighted by atomic mass is 32.2. The van der Waals surface area contributed by atoms with E-state index in [0.29, 0.717) is 5.75 Å². The molecule has 0 amide bonds. The minimum atomic E-state index is -0.115. The van der Waals surface area contributed by atoms with Crippen LogP contribution in [0, 0.1) is 19.8 Å². The number of phenols is 1. The molecule has 118 valence electrons. The predicted octanol–water partition coefficient (Wildman–Crippen LogP) is 5.25. The predicted molar refractivity (Wildman–Crippen MR) is 90.8 cm³/mol. The van der Waals surface area contributed by atoms with Crippen molar-refractivity contribution in [3.8, 4) is 11.5 Å². The highest BCUT2D eigenvalue weighted by molar-refractivity contribution is 7.98. The third kappa shape index (κ3) is 3.18. The molecule has 1 aromatic carbocycles. The molecular weight excluding hydrogens is 280 g/mol. The largest absolute Gasteiger partial charge is 0.506 e. The fourth-order valence-corrected chi connectivity index (χ4v) is 4.02. The molecule has 1 aliphatic heterocycles. The monoisotopic (exact) mass is 308 g/mol. The molecule has 1 N–H and O–H groups in total. The van der Waals surface area contributed by atoms with Crippen molar-refractivity contribution in [2.45, 2.75) is 70.8 Å². The van der Waals surface area contributed by atoms with Crippen LogP contribution in [0.25, 0.3) is 0 Å². The molecule has 1 aromatic rings. The van der Waals surface area contributed by atoms with Gasteiger partial charge < -0.3 is 9.84 Å². The maximum absolute atomic E-state index is 10.4. The molecule has 1 unspecified atom stereocenters. The Morgan fingerprint density at radius 3 is 2.52 bits per heavy atom. The molecule has 0 saturated carbocycles. The Bertz CT molecular complexity index is 537. The fourth-order valence-electron chi connectivity index (χ4n) is 3.27. The number of rotatable bonds is 5. The molecule has 0 aliphatic carbocycles. The van der Waals surface area contributed by atoms with Gasteiger partial charge in [-0.15, -0.1) is 11.8 Å². The number of thioether (sulfide) groups is 1. The van der Waals surface area contributed by atoms with Crippen LogP contribution in [0.5, 0.6) is 11.5 Å². The van der Waals surface area contributed by atoms with E-state index in [-0.39, 0.29) is 5.60 Å². The van der Waals surface area contributed by atoms with Gasteiger partial charge in [-0.1, -0.05) is 20.3 Å². The van der Waals surface area contributed by atoms with Gasteiger partial charge in [0.15, 0.2) is 0 Å². The molecule has 0 spiro atoms. The lowest BCUT2D eigenvalue weighted by Crippen LogP contribution is -2.30. The minimum Gasteiger partial charge on any atom is -0.506 e. The van der Waals surface area contributed by atoms with Crippen LogP contribution >= 0.6 is 11.8 Å². The van der Waals surface area contributed by atoms with Crippen LogP contribution in [0.2, 0.25) is 0 Å². The van der Waals surface area contributed by atoms with Crippen LogP contribution in [0.4, 0.5) is 0 Å². The molecule has 0 bridgehead atoms. The summed E-state index contributed by atoms with van der Waals surface area (Å²) in [6, 6.07) is 0. The number of ether oxygens (including phenoxy) is 1. The molecule has 2 rings (SSSR count). The summed E-state index contributed by atoms with van der Waals surface area (Å²) in [5.41, 5.74) is 3.17. The van der Waals surface area contributed by atoms with Crippen molar-refractivity contribution in [1.29, 1.82) is 0 Å². The summed E-state index contributed by atoms with van der Waals surface area (Å²) in [4.78, 5) is 0.956. The van der Waals surface area contributed by atoms with Crippen LogP contribution in [0.1, 0.15) is 56.7 Å². The standard InChI is InChI=1S/C18H28O2S/c1-11(2)8-7-9-18(5)10-14-12(3)15(19)17(21-6)13(4)16(14)20-18/h11,19H,7-10H2,1-6H3. The normalized spacial score (nSPS) is 20.7. The Labute approximate surface area is 133 Å². The van der Waals surface area contributed by atoms with Crippen molar-refractivity contribution in [2.24, 2.45) is 5.92 Å². The Kier molecular flexibility index (Phi) is 4.82. The Hall–Kier alpha value is -0.830. The van der Waals surface area contributed by atoms with E-state index in [4.69, 9.17) is 4.74 Å². The maximum atomic E-state index is 10.4. The quantitative estimate of drug-likeness (QED) is 0.753. The van der Waals surface area contributed by atoms with E-state index in [1.165, 1.54) is 18.4 Å². The number of hydrogen-bond donors (Lipinski definition) is 1. The van der Waals surface area contributed by atoms with Crippen LogP contribution in [0.15, 0.2) is 4.90 Å². The molecule has 3 heteroatoms. The zero-order valence-corrected chi connectivity index (χ0v) is 15.0. The van der Waals surface area contributed by atoms with Gasteiger partial charge in [0, 0.05) is 17.5 Å². The van der Waals surface area contributed by atoms with Crippen molar-refractivity contribution in [3.63, 3.8) is 0 Å². The van der Waals surface area contributed by atoms with Gasteiger partial charge >= 0.3 is 0 Å². The molecule has 0 radical (unpaired) electrons. The van der Waals surface area contributed by atoms with Gasteiger partial charge in [0.2, 0.25) is 0 Å². The van der Waals surface area contributed by atoms with Crippen LogP contribution in [0.3, 0.4) is 0 Å². The molecule has 0 saturated heterocycles. The smallest absolute Gasteiger partial charge is 0.132 e. The van der Waals surface area contributed by atoms with E-state index >= 15 is 0 Å². The van der Waals surface area contributed by atoms with Gasteiger partial charge in [0.05, 0.1) is 4.90 Å². The molecule has 0 aromatic heterocycles. The van der Waals surface area contributed by atoms with E-state index in [1.807, 2.05) is 13.2 Å². The topological polar surface area (TPSA) is 29.5 Å². The molecule has 0 fully saturated rings. The summed E-state index contributed by atoms with van der Waals surface area (Å²) in [6.07, 6.45) is 6.43. The van der Waals surface area contributed by atoms with Crippen molar-refractivity contribution >= 4 is 11.8 Å². The number of benzene rings is 1. The fraction of sp³-hybridized carbons (Fsp3) is 0.667. The first-order chi connectivity index (χ1) is 9.79. The summed E-state index contributed by atoms with van der Waals surface area (Å²) in [7, 11) is 0. The first kappa shape index (κ1) is 16.5. The van der Waals surface area contributed by atoms with Gasteiger partial charge in [-0.3, -0.25) is 0 Å². The second-order valence-corrected chi connectivity index (χ2v) is 7.77. The lowest BCUT2D eigenvalue weighted by molar-refractivity contribution is 0.100. The zero-order chi connectivity index (χ0) is 15.8. The number of hydrogen-bond acceptors (Lipinski definition) is 3. The van der Waals surface area contributed by atoms with E-state index in [2.05, 4.69) is 27.7 Å². The van der Waals surface area contributed by atoms with E-state index in [9.17, 15) is 5.11 Å². The number of aromatic hydroxyl groups is 1. The Morgan fingerprint density at radius 1 is 1.29 bits per heavy atom. The molecule has 2 nitrogen and oxygen atoms in total. The maximum Gasteiger partial charge on any atom is 0.132 e.